The van der Waals surface area contributed by atoms with E-state index < -0.39 is 23.3 Å². The molecule has 0 saturated heterocycles. The van der Waals surface area contributed by atoms with Gasteiger partial charge in [0, 0.05) is 11.1 Å². The Morgan fingerprint density at radius 1 is 0.850 bits per heavy atom. The van der Waals surface area contributed by atoms with Crippen molar-refractivity contribution in [1.29, 1.82) is 0 Å². The van der Waals surface area contributed by atoms with E-state index in [0.29, 0.717) is 0 Å². The lowest BCUT2D eigenvalue weighted by molar-refractivity contribution is 0.415. The quantitative estimate of drug-likeness (QED) is 0.579. The lowest BCUT2D eigenvalue weighted by Gasteiger charge is -2.09. The maximum atomic E-state index is 13.9. The number of ether oxygens (including phenoxy) is 1. The van der Waals surface area contributed by atoms with E-state index in [1.807, 2.05) is 0 Å². The predicted octanol–water partition coefficient (Wildman–Crippen LogP) is 4.82. The Balaban J connectivity index is 2.54. The van der Waals surface area contributed by atoms with E-state index in [9.17, 15) is 17.6 Å². The minimum Gasteiger partial charge on any atom is -0.462 e. The van der Waals surface area contributed by atoms with Gasteiger partial charge in [-0.2, -0.15) is 4.39 Å². The van der Waals surface area contributed by atoms with Gasteiger partial charge in [-0.3, -0.25) is 0 Å². The minimum atomic E-state index is -1.29. The van der Waals surface area contributed by atoms with Crippen LogP contribution in [0.5, 0.6) is 5.75 Å². The molecule has 0 bridgehead atoms. The molecule has 104 valence electrons. The smallest absolute Gasteiger partial charge is 0.201 e. The van der Waals surface area contributed by atoms with Gasteiger partial charge in [0.2, 0.25) is 5.82 Å². The van der Waals surface area contributed by atoms with Gasteiger partial charge in [-0.05, 0) is 25.1 Å². The largest absolute Gasteiger partial charge is 0.462 e. The van der Waals surface area contributed by atoms with Crippen molar-refractivity contribution in [3.8, 4) is 16.9 Å². The fraction of sp³-hybridized carbons (Fsp3) is 0.0667. The second-order valence-electron chi connectivity index (χ2n) is 3.93. The van der Waals surface area contributed by atoms with Gasteiger partial charge >= 0.3 is 0 Å². The molecule has 2 rings (SSSR count). The zero-order valence-corrected chi connectivity index (χ0v) is 10.5. The van der Waals surface area contributed by atoms with Gasteiger partial charge in [0.15, 0.2) is 23.2 Å². The monoisotopic (exact) mass is 282 g/mol. The van der Waals surface area contributed by atoms with E-state index in [1.54, 1.807) is 6.92 Å². The van der Waals surface area contributed by atoms with Crippen molar-refractivity contribution in [2.24, 2.45) is 0 Å². The SMILES string of the molecule is C/C=C/Oc1ccc(-c2cccc(F)c2F)c(F)c1F. The Bertz CT molecular complexity index is 665. The number of rotatable bonds is 3. The van der Waals surface area contributed by atoms with Crippen molar-refractivity contribution in [2.45, 2.75) is 6.92 Å². The van der Waals surface area contributed by atoms with Gasteiger partial charge in [-0.15, -0.1) is 0 Å². The second kappa shape index (κ2) is 5.77. The number of hydrogen-bond acceptors (Lipinski definition) is 1. The molecular formula is C15H10F4O. The van der Waals surface area contributed by atoms with E-state index in [4.69, 9.17) is 4.74 Å². The fourth-order valence-electron chi connectivity index (χ4n) is 1.68. The third kappa shape index (κ3) is 2.52. The summed E-state index contributed by atoms with van der Waals surface area (Å²) >= 11 is 0. The van der Waals surface area contributed by atoms with E-state index in [1.165, 1.54) is 24.5 Å². The number of hydrogen-bond donors (Lipinski definition) is 0. The van der Waals surface area contributed by atoms with Crippen LogP contribution in [0, 0.1) is 23.3 Å². The summed E-state index contributed by atoms with van der Waals surface area (Å²) in [7, 11) is 0. The first kappa shape index (κ1) is 14.1. The Hall–Kier alpha value is -2.30. The average Bonchev–Trinajstić information content (AvgIpc) is 2.44. The Kier molecular flexibility index (Phi) is 4.08. The summed E-state index contributed by atoms with van der Waals surface area (Å²) in [5.41, 5.74) is -0.716. The molecule has 0 radical (unpaired) electrons. The van der Waals surface area contributed by atoms with Gasteiger partial charge in [0.1, 0.15) is 0 Å². The zero-order valence-electron chi connectivity index (χ0n) is 10.5. The fourth-order valence-corrected chi connectivity index (χ4v) is 1.68. The molecule has 0 aliphatic carbocycles. The molecule has 1 nitrogen and oxygen atoms in total. The molecule has 0 aliphatic heterocycles. The molecule has 0 atom stereocenters. The van der Waals surface area contributed by atoms with E-state index in [2.05, 4.69) is 0 Å². The molecule has 0 aliphatic rings. The zero-order chi connectivity index (χ0) is 14.7. The molecule has 0 unspecified atom stereocenters. The van der Waals surface area contributed by atoms with Gasteiger partial charge in [0.25, 0.3) is 0 Å². The summed E-state index contributed by atoms with van der Waals surface area (Å²) in [5, 5.41) is 0. The number of benzene rings is 2. The van der Waals surface area contributed by atoms with Crippen molar-refractivity contribution >= 4 is 0 Å². The lowest BCUT2D eigenvalue weighted by Crippen LogP contribution is -1.97. The predicted molar refractivity (Wildman–Crippen MR) is 67.2 cm³/mol. The lowest BCUT2D eigenvalue weighted by atomic mass is 10.0. The van der Waals surface area contributed by atoms with Crippen molar-refractivity contribution in [2.75, 3.05) is 0 Å². The van der Waals surface area contributed by atoms with Crippen molar-refractivity contribution < 1.29 is 22.3 Å². The maximum Gasteiger partial charge on any atom is 0.201 e. The molecule has 5 heteroatoms. The Labute approximate surface area is 113 Å². The first-order valence-electron chi connectivity index (χ1n) is 5.76. The third-order valence-corrected chi connectivity index (χ3v) is 2.62. The molecule has 20 heavy (non-hydrogen) atoms. The summed E-state index contributed by atoms with van der Waals surface area (Å²) in [4.78, 5) is 0. The van der Waals surface area contributed by atoms with Crippen molar-refractivity contribution in [1.82, 2.24) is 0 Å². The van der Waals surface area contributed by atoms with Gasteiger partial charge < -0.3 is 4.74 Å². The molecule has 0 spiro atoms. The summed E-state index contributed by atoms with van der Waals surface area (Å²) in [5.74, 6) is -5.24. The molecule has 0 heterocycles. The van der Waals surface area contributed by atoms with Crippen LogP contribution < -0.4 is 4.74 Å². The van der Waals surface area contributed by atoms with E-state index in [0.717, 1.165) is 18.2 Å². The van der Waals surface area contributed by atoms with Gasteiger partial charge in [0.05, 0.1) is 6.26 Å². The standard InChI is InChI=1S/C15H10F4O/c1-2-8-20-12-7-6-10(14(18)15(12)19)9-4-3-5-11(16)13(9)17/h2-8H,1H3/b8-2+. The summed E-state index contributed by atoms with van der Waals surface area (Å²) in [6, 6.07) is 5.57. The van der Waals surface area contributed by atoms with Crippen LogP contribution in [-0.2, 0) is 0 Å². The van der Waals surface area contributed by atoms with Crippen LogP contribution in [0.2, 0.25) is 0 Å². The van der Waals surface area contributed by atoms with E-state index >= 15 is 0 Å². The highest BCUT2D eigenvalue weighted by atomic mass is 19.2. The molecular weight excluding hydrogens is 272 g/mol. The molecule has 0 amide bonds. The third-order valence-electron chi connectivity index (χ3n) is 2.62. The van der Waals surface area contributed by atoms with Crippen LogP contribution in [-0.4, -0.2) is 0 Å². The van der Waals surface area contributed by atoms with Crippen LogP contribution in [0.25, 0.3) is 11.1 Å². The average molecular weight is 282 g/mol. The van der Waals surface area contributed by atoms with Crippen molar-refractivity contribution in [3.63, 3.8) is 0 Å². The number of allylic oxidation sites excluding steroid dienone is 1. The van der Waals surface area contributed by atoms with Crippen LogP contribution in [0.15, 0.2) is 42.7 Å². The maximum absolute atomic E-state index is 13.9. The topological polar surface area (TPSA) is 9.23 Å². The Morgan fingerprint density at radius 3 is 2.25 bits per heavy atom. The van der Waals surface area contributed by atoms with Gasteiger partial charge in [-0.1, -0.05) is 18.2 Å². The first-order valence-corrected chi connectivity index (χ1v) is 5.76. The van der Waals surface area contributed by atoms with Gasteiger partial charge in [-0.25, -0.2) is 13.2 Å². The molecule has 0 N–H and O–H groups in total. The van der Waals surface area contributed by atoms with Crippen molar-refractivity contribution in [3.05, 3.63) is 65.9 Å². The first-order chi connectivity index (χ1) is 9.56. The molecule has 0 aromatic heterocycles. The Morgan fingerprint density at radius 2 is 1.55 bits per heavy atom. The summed E-state index contributed by atoms with van der Waals surface area (Å²) in [6.45, 7) is 1.64. The summed E-state index contributed by atoms with van der Waals surface area (Å²) in [6.07, 6.45) is 2.68. The normalized spacial score (nSPS) is 11.1. The van der Waals surface area contributed by atoms with Crippen LogP contribution in [0.1, 0.15) is 6.92 Å². The van der Waals surface area contributed by atoms with Crippen LogP contribution >= 0.6 is 0 Å². The highest BCUT2D eigenvalue weighted by molar-refractivity contribution is 5.66. The highest BCUT2D eigenvalue weighted by Gasteiger charge is 2.19. The minimum absolute atomic E-state index is 0.332. The van der Waals surface area contributed by atoms with E-state index in [-0.39, 0.29) is 16.9 Å². The molecule has 2 aromatic rings. The number of halogens is 4. The van der Waals surface area contributed by atoms with Crippen LogP contribution in [0.3, 0.4) is 0 Å². The van der Waals surface area contributed by atoms with Crippen LogP contribution in [0.4, 0.5) is 17.6 Å². The molecule has 2 aromatic carbocycles. The molecule has 0 saturated carbocycles. The second-order valence-corrected chi connectivity index (χ2v) is 3.93. The summed E-state index contributed by atoms with van der Waals surface area (Å²) < 4.78 is 59.2. The highest BCUT2D eigenvalue weighted by Crippen LogP contribution is 2.32. The molecule has 0 fully saturated rings.